The molecule has 1 aliphatic rings. The second kappa shape index (κ2) is 8.64. The van der Waals surface area contributed by atoms with Gasteiger partial charge in [0.25, 0.3) is 5.91 Å². The molecule has 156 valence electrons. The maximum absolute atomic E-state index is 13.3. The molecule has 1 aromatic rings. The Morgan fingerprint density at radius 1 is 1.11 bits per heavy atom. The minimum absolute atomic E-state index is 0.0449. The van der Waals surface area contributed by atoms with Crippen LogP contribution in [-0.2, 0) is 4.79 Å². The Kier molecular flexibility index (Phi) is 6.92. The van der Waals surface area contributed by atoms with Crippen molar-refractivity contribution < 1.29 is 9.59 Å². The van der Waals surface area contributed by atoms with Crippen molar-refractivity contribution in [1.82, 2.24) is 15.1 Å². The fourth-order valence-corrected chi connectivity index (χ4v) is 4.44. The first kappa shape index (κ1) is 22.4. The average molecular weight is 388 g/mol. The van der Waals surface area contributed by atoms with Gasteiger partial charge in [-0.25, -0.2) is 0 Å². The van der Waals surface area contributed by atoms with Crippen LogP contribution < -0.4 is 5.32 Å². The molecule has 2 rings (SSSR count). The number of carbonyl (C=O) groups is 2. The third-order valence-corrected chi connectivity index (χ3v) is 5.29. The summed E-state index contributed by atoms with van der Waals surface area (Å²) in [6.07, 6.45) is 0.855. The van der Waals surface area contributed by atoms with E-state index in [4.69, 9.17) is 0 Å². The van der Waals surface area contributed by atoms with Crippen molar-refractivity contribution in [1.29, 1.82) is 0 Å². The summed E-state index contributed by atoms with van der Waals surface area (Å²) in [7, 11) is 0. The molecule has 0 aromatic heterocycles. The number of carbonyl (C=O) groups excluding carboxylic acids is 2. The first-order chi connectivity index (χ1) is 13.0. The predicted molar refractivity (Wildman–Crippen MR) is 114 cm³/mol. The van der Waals surface area contributed by atoms with Crippen molar-refractivity contribution in [2.24, 2.45) is 5.41 Å². The van der Waals surface area contributed by atoms with Crippen molar-refractivity contribution in [2.45, 2.75) is 66.5 Å². The third kappa shape index (κ3) is 5.34. The van der Waals surface area contributed by atoms with Crippen LogP contribution in [0.25, 0.3) is 0 Å². The van der Waals surface area contributed by atoms with E-state index >= 15 is 0 Å². The van der Waals surface area contributed by atoms with Crippen LogP contribution >= 0.6 is 0 Å². The molecule has 5 nitrogen and oxygen atoms in total. The summed E-state index contributed by atoms with van der Waals surface area (Å²) in [4.78, 5) is 30.4. The highest BCUT2D eigenvalue weighted by Crippen LogP contribution is 2.35. The van der Waals surface area contributed by atoms with Gasteiger partial charge in [-0.1, -0.05) is 52.8 Å². The molecule has 5 heteroatoms. The lowest BCUT2D eigenvalue weighted by molar-refractivity contribution is -0.127. The lowest BCUT2D eigenvalue weighted by Gasteiger charge is -2.35. The molecular formula is C23H37N3O2. The molecular weight excluding hydrogens is 350 g/mol. The zero-order valence-corrected chi connectivity index (χ0v) is 18.6. The molecule has 1 atom stereocenters. The number of nitrogens with one attached hydrogen (secondary N) is 1. The highest BCUT2D eigenvalue weighted by Gasteiger charge is 2.42. The molecule has 1 aromatic carbocycles. The Hall–Kier alpha value is -1.88. The van der Waals surface area contributed by atoms with Crippen molar-refractivity contribution in [3.8, 4) is 0 Å². The molecule has 28 heavy (non-hydrogen) atoms. The van der Waals surface area contributed by atoms with Crippen molar-refractivity contribution >= 4 is 11.8 Å². The molecule has 1 heterocycles. The molecule has 1 N–H and O–H groups in total. The minimum Gasteiger partial charge on any atom is -0.349 e. The van der Waals surface area contributed by atoms with Crippen LogP contribution in [0.2, 0.25) is 0 Å². The van der Waals surface area contributed by atoms with Crippen molar-refractivity contribution in [3.05, 3.63) is 35.4 Å². The number of fused-ring (bicyclic) bond motifs is 1. The monoisotopic (exact) mass is 387 g/mol. The van der Waals surface area contributed by atoms with Gasteiger partial charge in [0.05, 0.1) is 0 Å². The smallest absolute Gasteiger partial charge is 0.255 e. The van der Waals surface area contributed by atoms with Gasteiger partial charge in [-0.15, -0.1) is 0 Å². The molecule has 0 fully saturated rings. The molecule has 2 amide bonds. The first-order valence-electron chi connectivity index (χ1n) is 10.4. The summed E-state index contributed by atoms with van der Waals surface area (Å²) >= 11 is 0. The normalized spacial score (nSPS) is 17.2. The van der Waals surface area contributed by atoms with Crippen LogP contribution in [0, 0.1) is 5.41 Å². The lowest BCUT2D eigenvalue weighted by atomic mass is 9.81. The summed E-state index contributed by atoms with van der Waals surface area (Å²) < 4.78 is 0. The first-order valence-corrected chi connectivity index (χ1v) is 10.4. The van der Waals surface area contributed by atoms with E-state index in [-0.39, 0.29) is 22.8 Å². The maximum Gasteiger partial charge on any atom is 0.255 e. The molecule has 0 bridgehead atoms. The van der Waals surface area contributed by atoms with Gasteiger partial charge in [0.1, 0.15) is 6.04 Å². The molecule has 0 aliphatic carbocycles. The van der Waals surface area contributed by atoms with E-state index in [2.05, 4.69) is 58.7 Å². The van der Waals surface area contributed by atoms with Gasteiger partial charge in [-0.3, -0.25) is 9.59 Å². The Bertz CT molecular complexity index is 702. The fourth-order valence-electron chi connectivity index (χ4n) is 4.44. The fraction of sp³-hybridized carbons (Fsp3) is 0.652. The number of hydrogen-bond donors (Lipinski definition) is 1. The second-order valence-corrected chi connectivity index (χ2v) is 9.63. The summed E-state index contributed by atoms with van der Waals surface area (Å²) in [5.41, 5.74) is 1.22. The van der Waals surface area contributed by atoms with Crippen LogP contribution in [0.5, 0.6) is 0 Å². The number of likely N-dealkylation sites (N-methyl/N-ethyl adjacent to an activating group) is 1. The molecule has 0 saturated carbocycles. The van der Waals surface area contributed by atoms with Gasteiger partial charge in [0, 0.05) is 24.2 Å². The van der Waals surface area contributed by atoms with E-state index in [0.29, 0.717) is 12.1 Å². The second-order valence-electron chi connectivity index (χ2n) is 9.63. The highest BCUT2D eigenvalue weighted by atomic mass is 16.2. The van der Waals surface area contributed by atoms with E-state index in [1.54, 1.807) is 4.90 Å². The quantitative estimate of drug-likeness (QED) is 0.737. The third-order valence-electron chi connectivity index (χ3n) is 5.29. The van der Waals surface area contributed by atoms with E-state index < -0.39 is 6.04 Å². The van der Waals surface area contributed by atoms with Crippen LogP contribution in [0.1, 0.15) is 76.9 Å². The Labute approximate surface area is 170 Å². The minimum atomic E-state index is -0.557. The molecule has 0 radical (unpaired) electrons. The van der Waals surface area contributed by atoms with Crippen molar-refractivity contribution in [3.63, 3.8) is 0 Å². The topological polar surface area (TPSA) is 52.7 Å². The summed E-state index contributed by atoms with van der Waals surface area (Å²) in [6.45, 7) is 18.0. The lowest BCUT2D eigenvalue weighted by Crippen LogP contribution is -2.50. The number of amides is 2. The van der Waals surface area contributed by atoms with E-state index in [1.807, 2.05) is 24.3 Å². The molecule has 0 saturated heterocycles. The van der Waals surface area contributed by atoms with Gasteiger partial charge in [0.15, 0.2) is 0 Å². The number of hydrogen-bond acceptors (Lipinski definition) is 3. The maximum atomic E-state index is 13.3. The van der Waals surface area contributed by atoms with Crippen LogP contribution in [0.4, 0.5) is 0 Å². The van der Waals surface area contributed by atoms with E-state index in [1.165, 1.54) is 0 Å². The van der Waals surface area contributed by atoms with Crippen LogP contribution in [-0.4, -0.2) is 53.3 Å². The van der Waals surface area contributed by atoms with E-state index in [0.717, 1.165) is 31.6 Å². The number of benzene rings is 1. The van der Waals surface area contributed by atoms with Gasteiger partial charge < -0.3 is 15.1 Å². The SMILES string of the molecule is CCN(CC)CCN1C(=O)c2ccccc2C1C(=O)NC(C)(C)CC(C)(C)C. The van der Waals surface area contributed by atoms with E-state index in [9.17, 15) is 9.59 Å². The van der Waals surface area contributed by atoms with Gasteiger partial charge >= 0.3 is 0 Å². The Morgan fingerprint density at radius 2 is 1.71 bits per heavy atom. The highest BCUT2D eigenvalue weighted by molar-refractivity contribution is 6.04. The Morgan fingerprint density at radius 3 is 2.29 bits per heavy atom. The zero-order valence-electron chi connectivity index (χ0n) is 18.6. The predicted octanol–water partition coefficient (Wildman–Crippen LogP) is 3.86. The summed E-state index contributed by atoms with van der Waals surface area (Å²) in [5.74, 6) is -0.136. The molecule has 1 aliphatic heterocycles. The molecule has 1 unspecified atom stereocenters. The van der Waals surface area contributed by atoms with Crippen LogP contribution in [0.15, 0.2) is 24.3 Å². The van der Waals surface area contributed by atoms with Crippen LogP contribution in [0.3, 0.4) is 0 Å². The average Bonchev–Trinajstić information content (AvgIpc) is 2.86. The Balaban J connectivity index is 2.26. The van der Waals surface area contributed by atoms with Gasteiger partial charge in [-0.05, 0) is 50.4 Å². The standard InChI is InChI=1S/C23H37N3O2/c1-8-25(9-2)14-15-26-19(17-12-10-11-13-18(17)21(26)28)20(27)24-23(6,7)16-22(3,4)5/h10-13,19H,8-9,14-16H2,1-7H3,(H,24,27). The number of nitrogens with zero attached hydrogens (tertiary/aromatic N) is 2. The van der Waals surface area contributed by atoms with Gasteiger partial charge in [-0.2, -0.15) is 0 Å². The summed E-state index contributed by atoms with van der Waals surface area (Å²) in [5, 5.41) is 3.22. The summed E-state index contributed by atoms with van der Waals surface area (Å²) in [6, 6.07) is 6.95. The number of rotatable bonds is 8. The molecule has 0 spiro atoms. The van der Waals surface area contributed by atoms with Crippen molar-refractivity contribution in [2.75, 3.05) is 26.2 Å². The zero-order chi connectivity index (χ0) is 21.1. The van der Waals surface area contributed by atoms with Gasteiger partial charge in [0.2, 0.25) is 5.91 Å². The largest absolute Gasteiger partial charge is 0.349 e.